The number of aliphatic hydroxyl groups is 1. The van der Waals surface area contributed by atoms with Gasteiger partial charge in [0.2, 0.25) is 0 Å². The number of nitrogens with one attached hydrogen (secondary N) is 1. The van der Waals surface area contributed by atoms with E-state index in [9.17, 15) is 9.90 Å². The molecule has 0 saturated heterocycles. The zero-order chi connectivity index (χ0) is 15.9. The van der Waals surface area contributed by atoms with E-state index in [1.165, 1.54) is 0 Å². The number of amides is 1. The second-order valence-corrected chi connectivity index (χ2v) is 5.63. The predicted octanol–water partition coefficient (Wildman–Crippen LogP) is 2.60. The quantitative estimate of drug-likeness (QED) is 0.774. The third-order valence-electron chi connectivity index (χ3n) is 4.41. The first-order valence-corrected chi connectivity index (χ1v) is 7.54. The van der Waals surface area contributed by atoms with Gasteiger partial charge in [-0.05, 0) is 43.9 Å². The summed E-state index contributed by atoms with van der Waals surface area (Å²) in [6, 6.07) is 5.80. The fourth-order valence-electron chi connectivity index (χ4n) is 2.14. The highest BCUT2D eigenvalue weighted by molar-refractivity contribution is 5.77. The van der Waals surface area contributed by atoms with E-state index in [0.29, 0.717) is 6.54 Å². The average molecular weight is 293 g/mol. The molecule has 4 heteroatoms. The van der Waals surface area contributed by atoms with E-state index in [1.807, 2.05) is 45.9 Å². The SMILES string of the molecule is CCC(CC)(CO)CNC(=O)COc1cccc(C)c1C. The van der Waals surface area contributed by atoms with Crippen LogP contribution in [0.5, 0.6) is 5.75 Å². The van der Waals surface area contributed by atoms with E-state index in [4.69, 9.17) is 4.74 Å². The van der Waals surface area contributed by atoms with Gasteiger partial charge in [-0.25, -0.2) is 0 Å². The van der Waals surface area contributed by atoms with E-state index in [0.717, 1.165) is 29.7 Å². The lowest BCUT2D eigenvalue weighted by Gasteiger charge is -2.29. The number of benzene rings is 1. The van der Waals surface area contributed by atoms with E-state index < -0.39 is 0 Å². The Morgan fingerprint density at radius 3 is 2.52 bits per heavy atom. The first kappa shape index (κ1) is 17.5. The number of aliphatic hydroxyl groups excluding tert-OH is 1. The van der Waals surface area contributed by atoms with Gasteiger partial charge in [0.05, 0.1) is 6.61 Å². The van der Waals surface area contributed by atoms with Crippen LogP contribution >= 0.6 is 0 Å². The van der Waals surface area contributed by atoms with Crippen molar-refractivity contribution in [2.75, 3.05) is 19.8 Å². The molecule has 118 valence electrons. The molecule has 0 saturated carbocycles. The van der Waals surface area contributed by atoms with Crippen molar-refractivity contribution in [2.45, 2.75) is 40.5 Å². The summed E-state index contributed by atoms with van der Waals surface area (Å²) < 4.78 is 5.57. The molecule has 21 heavy (non-hydrogen) atoms. The van der Waals surface area contributed by atoms with Crippen LogP contribution < -0.4 is 10.1 Å². The zero-order valence-corrected chi connectivity index (χ0v) is 13.5. The van der Waals surface area contributed by atoms with Crippen LogP contribution in [0.15, 0.2) is 18.2 Å². The van der Waals surface area contributed by atoms with Crippen LogP contribution in [0.1, 0.15) is 37.8 Å². The molecule has 0 aliphatic heterocycles. The topological polar surface area (TPSA) is 58.6 Å². The summed E-state index contributed by atoms with van der Waals surface area (Å²) in [6.45, 7) is 8.60. The van der Waals surface area contributed by atoms with Crippen molar-refractivity contribution < 1.29 is 14.6 Å². The maximum absolute atomic E-state index is 11.9. The van der Waals surface area contributed by atoms with Gasteiger partial charge >= 0.3 is 0 Å². The maximum atomic E-state index is 11.9. The molecule has 1 aromatic carbocycles. The Bertz CT molecular complexity index is 459. The highest BCUT2D eigenvalue weighted by Gasteiger charge is 2.25. The van der Waals surface area contributed by atoms with E-state index in [2.05, 4.69) is 5.32 Å². The molecule has 0 aliphatic carbocycles. The lowest BCUT2D eigenvalue weighted by Crippen LogP contribution is -2.41. The monoisotopic (exact) mass is 293 g/mol. The normalized spacial score (nSPS) is 11.3. The van der Waals surface area contributed by atoms with Crippen molar-refractivity contribution in [3.05, 3.63) is 29.3 Å². The Labute approximate surface area is 127 Å². The molecular weight excluding hydrogens is 266 g/mol. The van der Waals surface area contributed by atoms with Gasteiger partial charge in [0.1, 0.15) is 5.75 Å². The lowest BCUT2D eigenvalue weighted by molar-refractivity contribution is -0.123. The summed E-state index contributed by atoms with van der Waals surface area (Å²) in [4.78, 5) is 11.9. The van der Waals surface area contributed by atoms with Crippen molar-refractivity contribution in [3.63, 3.8) is 0 Å². The van der Waals surface area contributed by atoms with Gasteiger partial charge in [-0.15, -0.1) is 0 Å². The smallest absolute Gasteiger partial charge is 0.257 e. The molecule has 0 bridgehead atoms. The first-order chi connectivity index (χ1) is 9.98. The Hall–Kier alpha value is -1.55. The van der Waals surface area contributed by atoms with Gasteiger partial charge in [-0.3, -0.25) is 4.79 Å². The van der Waals surface area contributed by atoms with E-state index in [-0.39, 0.29) is 24.5 Å². The molecule has 0 radical (unpaired) electrons. The van der Waals surface area contributed by atoms with E-state index in [1.54, 1.807) is 0 Å². The lowest BCUT2D eigenvalue weighted by atomic mass is 9.83. The number of carbonyl (C=O) groups is 1. The fourth-order valence-corrected chi connectivity index (χ4v) is 2.14. The van der Waals surface area contributed by atoms with Gasteiger partial charge < -0.3 is 15.2 Å². The number of rotatable bonds is 8. The predicted molar refractivity (Wildman–Crippen MR) is 84.5 cm³/mol. The molecule has 0 fully saturated rings. The molecule has 0 spiro atoms. The largest absolute Gasteiger partial charge is 0.483 e. The second-order valence-electron chi connectivity index (χ2n) is 5.63. The Kier molecular flexibility index (Phi) is 6.69. The van der Waals surface area contributed by atoms with E-state index >= 15 is 0 Å². The number of hydrogen-bond acceptors (Lipinski definition) is 3. The third kappa shape index (κ3) is 4.74. The average Bonchev–Trinajstić information content (AvgIpc) is 2.50. The molecule has 1 aromatic rings. The standard InChI is InChI=1S/C17H27NO3/c1-5-17(6-2,12-19)11-18-16(20)10-21-15-9-7-8-13(3)14(15)4/h7-9,19H,5-6,10-12H2,1-4H3,(H,18,20). The van der Waals surface area contributed by atoms with Crippen LogP contribution in [0.4, 0.5) is 0 Å². The Balaban J connectivity index is 2.49. The van der Waals surface area contributed by atoms with Crippen LogP contribution in [0.2, 0.25) is 0 Å². The van der Waals surface area contributed by atoms with Crippen molar-refractivity contribution >= 4 is 5.91 Å². The third-order valence-corrected chi connectivity index (χ3v) is 4.41. The molecule has 0 aliphatic rings. The van der Waals surface area contributed by atoms with Gasteiger partial charge in [-0.1, -0.05) is 26.0 Å². The summed E-state index contributed by atoms with van der Waals surface area (Å²) in [5, 5.41) is 12.3. The van der Waals surface area contributed by atoms with Crippen LogP contribution in [0.25, 0.3) is 0 Å². The highest BCUT2D eigenvalue weighted by Crippen LogP contribution is 2.24. The maximum Gasteiger partial charge on any atom is 0.257 e. The minimum Gasteiger partial charge on any atom is -0.483 e. The van der Waals surface area contributed by atoms with Crippen molar-refractivity contribution in [2.24, 2.45) is 5.41 Å². The minimum atomic E-state index is -0.227. The number of aryl methyl sites for hydroxylation is 1. The first-order valence-electron chi connectivity index (χ1n) is 7.54. The summed E-state index contributed by atoms with van der Waals surface area (Å²) >= 11 is 0. The van der Waals surface area contributed by atoms with Crippen LogP contribution in [0.3, 0.4) is 0 Å². The van der Waals surface area contributed by atoms with Crippen molar-refractivity contribution in [3.8, 4) is 5.75 Å². The second kappa shape index (κ2) is 8.03. The Morgan fingerprint density at radius 2 is 1.95 bits per heavy atom. The molecule has 0 unspecified atom stereocenters. The summed E-state index contributed by atoms with van der Waals surface area (Å²) in [5.41, 5.74) is 1.97. The number of hydrogen-bond donors (Lipinski definition) is 2. The molecule has 0 atom stereocenters. The van der Waals surface area contributed by atoms with Crippen LogP contribution in [-0.4, -0.2) is 30.8 Å². The minimum absolute atomic E-state index is 0.000763. The van der Waals surface area contributed by atoms with Gasteiger partial charge in [0.25, 0.3) is 5.91 Å². The highest BCUT2D eigenvalue weighted by atomic mass is 16.5. The van der Waals surface area contributed by atoms with Crippen molar-refractivity contribution in [1.29, 1.82) is 0 Å². The number of ether oxygens (including phenoxy) is 1. The molecule has 1 amide bonds. The molecule has 1 rings (SSSR count). The van der Waals surface area contributed by atoms with Gasteiger partial charge in [0, 0.05) is 12.0 Å². The van der Waals surface area contributed by atoms with Gasteiger partial charge in [0.15, 0.2) is 6.61 Å². The molecule has 4 nitrogen and oxygen atoms in total. The molecule has 0 heterocycles. The fraction of sp³-hybridized carbons (Fsp3) is 0.588. The molecule has 2 N–H and O–H groups in total. The van der Waals surface area contributed by atoms with Crippen LogP contribution in [-0.2, 0) is 4.79 Å². The summed E-state index contributed by atoms with van der Waals surface area (Å²) in [5.74, 6) is 0.584. The zero-order valence-electron chi connectivity index (χ0n) is 13.5. The molecular formula is C17H27NO3. The number of carbonyl (C=O) groups excluding carboxylic acids is 1. The summed E-state index contributed by atoms with van der Waals surface area (Å²) in [6.07, 6.45) is 1.66. The van der Waals surface area contributed by atoms with Crippen LogP contribution in [0, 0.1) is 19.3 Å². The van der Waals surface area contributed by atoms with Crippen molar-refractivity contribution in [1.82, 2.24) is 5.32 Å². The molecule has 0 aromatic heterocycles. The van der Waals surface area contributed by atoms with Gasteiger partial charge in [-0.2, -0.15) is 0 Å². The Morgan fingerprint density at radius 1 is 1.29 bits per heavy atom. The summed E-state index contributed by atoms with van der Waals surface area (Å²) in [7, 11) is 0.